The van der Waals surface area contributed by atoms with Gasteiger partial charge in [-0.1, -0.05) is 18.2 Å². The van der Waals surface area contributed by atoms with Gasteiger partial charge in [-0.05, 0) is 88.3 Å². The highest BCUT2D eigenvalue weighted by molar-refractivity contribution is 5.68. The number of aryl methyl sites for hydroxylation is 2. The normalized spacial score (nSPS) is 20.8. The lowest BCUT2D eigenvalue weighted by Crippen LogP contribution is -2.49. The van der Waals surface area contributed by atoms with E-state index < -0.39 is 5.60 Å². The third kappa shape index (κ3) is 3.60. The van der Waals surface area contributed by atoms with E-state index in [4.69, 9.17) is 4.74 Å². The van der Waals surface area contributed by atoms with Crippen molar-refractivity contribution in [3.63, 3.8) is 0 Å². The first-order chi connectivity index (χ1) is 11.2. The predicted octanol–water partition coefficient (Wildman–Crippen LogP) is 5.20. The number of carbonyl (C=O) groups is 1. The molecular weight excluding hydrogens is 298 g/mol. The summed E-state index contributed by atoms with van der Waals surface area (Å²) in [5.74, 6) is 0.706. The average Bonchev–Trinajstić information content (AvgIpc) is 2.46. The number of nitrogens with zero attached hydrogens (tertiary/aromatic N) is 1. The molecule has 3 heteroatoms. The van der Waals surface area contributed by atoms with Crippen LogP contribution < -0.4 is 0 Å². The van der Waals surface area contributed by atoms with E-state index in [1.54, 1.807) is 0 Å². The van der Waals surface area contributed by atoms with E-state index >= 15 is 0 Å². The molecule has 2 fully saturated rings. The highest BCUT2D eigenvalue weighted by atomic mass is 16.6. The van der Waals surface area contributed by atoms with Gasteiger partial charge >= 0.3 is 6.09 Å². The third-order valence-corrected chi connectivity index (χ3v) is 5.84. The zero-order chi connectivity index (χ0) is 17.5. The Bertz CT molecular complexity index is 613. The summed E-state index contributed by atoms with van der Waals surface area (Å²) in [6.07, 6.45) is 4.64. The van der Waals surface area contributed by atoms with Crippen LogP contribution in [0.25, 0.3) is 0 Å². The lowest BCUT2D eigenvalue weighted by Gasteiger charge is -2.52. The van der Waals surface area contributed by atoms with Gasteiger partial charge in [-0.2, -0.15) is 0 Å². The summed E-state index contributed by atoms with van der Waals surface area (Å²) in [4.78, 5) is 14.1. The van der Waals surface area contributed by atoms with Gasteiger partial charge in [0.1, 0.15) is 5.60 Å². The Morgan fingerprint density at radius 2 is 1.75 bits per heavy atom. The molecule has 1 heterocycles. The molecule has 1 saturated heterocycles. The maximum absolute atomic E-state index is 12.2. The van der Waals surface area contributed by atoms with E-state index in [1.807, 2.05) is 25.7 Å². The van der Waals surface area contributed by atoms with E-state index in [9.17, 15) is 4.79 Å². The largest absolute Gasteiger partial charge is 0.444 e. The predicted molar refractivity (Wildman–Crippen MR) is 97.4 cm³/mol. The van der Waals surface area contributed by atoms with Crippen molar-refractivity contribution >= 4 is 6.09 Å². The number of amides is 1. The summed E-state index contributed by atoms with van der Waals surface area (Å²) in [5, 5.41) is 0. The number of rotatable bonds is 1. The Morgan fingerprint density at radius 3 is 2.29 bits per heavy atom. The Hall–Kier alpha value is -1.51. The van der Waals surface area contributed by atoms with Crippen LogP contribution in [-0.4, -0.2) is 29.7 Å². The average molecular weight is 329 g/mol. The van der Waals surface area contributed by atoms with Gasteiger partial charge in [0, 0.05) is 13.1 Å². The van der Waals surface area contributed by atoms with Crippen LogP contribution in [0, 0.1) is 19.3 Å². The number of carbonyl (C=O) groups excluding carboxylic acids is 1. The fourth-order valence-electron chi connectivity index (χ4n) is 4.14. The van der Waals surface area contributed by atoms with Crippen molar-refractivity contribution in [2.24, 2.45) is 5.41 Å². The SMILES string of the molecule is Cc1ccc(C2CC3(CCN(C(=O)OC(C)(C)C)CC3)C2)cc1C. The molecule has 0 radical (unpaired) electrons. The standard InChI is InChI=1S/C21H31NO2/c1-15-6-7-17(12-16(15)2)18-13-21(14-18)8-10-22(11-9-21)19(23)24-20(3,4)5/h6-7,12,18H,8-11,13-14H2,1-5H3. The van der Waals surface area contributed by atoms with Crippen molar-refractivity contribution in [2.45, 2.75) is 71.8 Å². The van der Waals surface area contributed by atoms with Crippen molar-refractivity contribution in [3.8, 4) is 0 Å². The molecule has 0 bridgehead atoms. The summed E-state index contributed by atoms with van der Waals surface area (Å²) in [7, 11) is 0. The van der Waals surface area contributed by atoms with Crippen LogP contribution >= 0.6 is 0 Å². The molecule has 0 aromatic heterocycles. The smallest absolute Gasteiger partial charge is 0.410 e. The number of benzene rings is 1. The molecule has 132 valence electrons. The van der Waals surface area contributed by atoms with Crippen LogP contribution in [0.5, 0.6) is 0 Å². The van der Waals surface area contributed by atoms with E-state index in [0.717, 1.165) is 25.9 Å². The molecule has 1 amide bonds. The van der Waals surface area contributed by atoms with Crippen molar-refractivity contribution in [3.05, 3.63) is 34.9 Å². The molecular formula is C21H31NO2. The molecule has 24 heavy (non-hydrogen) atoms. The van der Waals surface area contributed by atoms with Crippen molar-refractivity contribution < 1.29 is 9.53 Å². The summed E-state index contributed by atoms with van der Waals surface area (Å²) >= 11 is 0. The van der Waals surface area contributed by atoms with Gasteiger partial charge in [-0.3, -0.25) is 0 Å². The number of hydrogen-bond donors (Lipinski definition) is 0. The zero-order valence-electron chi connectivity index (χ0n) is 15.8. The zero-order valence-corrected chi connectivity index (χ0v) is 15.8. The highest BCUT2D eigenvalue weighted by Crippen LogP contribution is 2.56. The molecule has 1 saturated carbocycles. The first-order valence-corrected chi connectivity index (χ1v) is 9.23. The van der Waals surface area contributed by atoms with Crippen LogP contribution in [0.2, 0.25) is 0 Å². The maximum atomic E-state index is 12.2. The first-order valence-electron chi connectivity index (χ1n) is 9.23. The molecule has 1 aromatic rings. The molecule has 3 rings (SSSR count). The molecule has 0 N–H and O–H groups in total. The highest BCUT2D eigenvalue weighted by Gasteiger charge is 2.47. The molecule has 0 unspecified atom stereocenters. The molecule has 3 nitrogen and oxygen atoms in total. The van der Waals surface area contributed by atoms with Gasteiger partial charge in [-0.15, -0.1) is 0 Å². The lowest BCUT2D eigenvalue weighted by molar-refractivity contribution is -0.0121. The van der Waals surface area contributed by atoms with Gasteiger partial charge in [0.25, 0.3) is 0 Å². The van der Waals surface area contributed by atoms with Gasteiger partial charge < -0.3 is 9.64 Å². The number of ether oxygens (including phenoxy) is 1. The van der Waals surface area contributed by atoms with Gasteiger partial charge in [-0.25, -0.2) is 4.79 Å². The fraction of sp³-hybridized carbons (Fsp3) is 0.667. The van der Waals surface area contributed by atoms with E-state index in [1.165, 1.54) is 29.5 Å². The number of likely N-dealkylation sites (tertiary alicyclic amines) is 1. The van der Waals surface area contributed by atoms with Crippen LogP contribution in [0.15, 0.2) is 18.2 Å². The van der Waals surface area contributed by atoms with Crippen LogP contribution in [-0.2, 0) is 4.74 Å². The quantitative estimate of drug-likeness (QED) is 0.709. The summed E-state index contributed by atoms with van der Waals surface area (Å²) in [5.41, 5.74) is 4.32. The Labute approximate surface area is 146 Å². The number of piperidine rings is 1. The molecule has 1 spiro atoms. The molecule has 1 aromatic carbocycles. The van der Waals surface area contributed by atoms with Gasteiger partial charge in [0.2, 0.25) is 0 Å². The van der Waals surface area contributed by atoms with Crippen LogP contribution in [0.4, 0.5) is 4.79 Å². The molecule has 1 aliphatic heterocycles. The minimum absolute atomic E-state index is 0.151. The van der Waals surface area contributed by atoms with E-state index in [2.05, 4.69) is 32.0 Å². The minimum atomic E-state index is -0.406. The van der Waals surface area contributed by atoms with Crippen LogP contribution in [0.3, 0.4) is 0 Å². The van der Waals surface area contributed by atoms with E-state index in [0.29, 0.717) is 11.3 Å². The molecule has 0 atom stereocenters. The first kappa shape index (κ1) is 17.3. The second-order valence-corrected chi connectivity index (χ2v) is 8.92. The third-order valence-electron chi connectivity index (χ3n) is 5.84. The minimum Gasteiger partial charge on any atom is -0.444 e. The Morgan fingerprint density at radius 1 is 1.12 bits per heavy atom. The fourth-order valence-corrected chi connectivity index (χ4v) is 4.14. The van der Waals surface area contributed by atoms with E-state index in [-0.39, 0.29) is 6.09 Å². The molecule has 2 aliphatic rings. The van der Waals surface area contributed by atoms with Gasteiger partial charge in [0.15, 0.2) is 0 Å². The Balaban J connectivity index is 1.53. The monoisotopic (exact) mass is 329 g/mol. The maximum Gasteiger partial charge on any atom is 0.410 e. The lowest BCUT2D eigenvalue weighted by atomic mass is 9.56. The summed E-state index contributed by atoms with van der Waals surface area (Å²) in [6.45, 7) is 11.8. The number of hydrogen-bond acceptors (Lipinski definition) is 2. The second-order valence-electron chi connectivity index (χ2n) is 8.92. The summed E-state index contributed by atoms with van der Waals surface area (Å²) in [6, 6.07) is 6.92. The van der Waals surface area contributed by atoms with Crippen molar-refractivity contribution in [1.82, 2.24) is 4.90 Å². The van der Waals surface area contributed by atoms with Crippen LogP contribution in [0.1, 0.15) is 69.1 Å². The van der Waals surface area contributed by atoms with Gasteiger partial charge in [0.05, 0.1) is 0 Å². The second kappa shape index (κ2) is 6.09. The summed E-state index contributed by atoms with van der Waals surface area (Å²) < 4.78 is 5.50. The molecule has 1 aliphatic carbocycles. The van der Waals surface area contributed by atoms with Crippen molar-refractivity contribution in [2.75, 3.05) is 13.1 Å². The Kier molecular flexibility index (Phi) is 4.39. The topological polar surface area (TPSA) is 29.5 Å². The van der Waals surface area contributed by atoms with Crippen molar-refractivity contribution in [1.29, 1.82) is 0 Å².